The van der Waals surface area contributed by atoms with Gasteiger partial charge in [-0.25, -0.2) is 0 Å². The fourth-order valence-electron chi connectivity index (χ4n) is 3.54. The third kappa shape index (κ3) is 1.83. The molecule has 1 atom stereocenters. The van der Waals surface area contributed by atoms with Gasteiger partial charge >= 0.3 is 0 Å². The smallest absolute Gasteiger partial charge is 0.128 e. The van der Waals surface area contributed by atoms with Crippen molar-refractivity contribution in [3.63, 3.8) is 0 Å². The van der Waals surface area contributed by atoms with Crippen LogP contribution in [-0.4, -0.2) is 11.7 Å². The summed E-state index contributed by atoms with van der Waals surface area (Å²) in [7, 11) is 0. The fraction of sp³-hybridized carbons (Fsp3) is 0.333. The molecule has 2 aromatic rings. The minimum Gasteiger partial charge on any atom is -0.493 e. The van der Waals surface area contributed by atoms with Gasteiger partial charge in [-0.3, -0.25) is 0 Å². The molecule has 2 aliphatic rings. The molecule has 0 aromatic heterocycles. The van der Waals surface area contributed by atoms with Crippen LogP contribution in [0, 0.1) is 5.92 Å². The molecule has 0 amide bonds. The van der Waals surface area contributed by atoms with Gasteiger partial charge in [0, 0.05) is 12.0 Å². The monoisotopic (exact) mass is 266 g/mol. The Balaban J connectivity index is 1.64. The summed E-state index contributed by atoms with van der Waals surface area (Å²) in [5.41, 5.74) is 4.96. The Hall–Kier alpha value is -1.80. The Kier molecular flexibility index (Phi) is 2.78. The topological polar surface area (TPSA) is 29.5 Å². The van der Waals surface area contributed by atoms with Crippen molar-refractivity contribution in [3.05, 3.63) is 64.7 Å². The molecule has 2 aromatic carbocycles. The molecule has 102 valence electrons. The summed E-state index contributed by atoms with van der Waals surface area (Å²) in [6.07, 6.45) is 2.44. The lowest BCUT2D eigenvalue weighted by atomic mass is 9.91. The average Bonchev–Trinajstić information content (AvgIpc) is 3.12. The quantitative estimate of drug-likeness (QED) is 0.905. The normalized spacial score (nSPS) is 18.4. The maximum Gasteiger partial charge on any atom is 0.128 e. The van der Waals surface area contributed by atoms with E-state index in [-0.39, 0.29) is 5.92 Å². The number of ether oxygens (including phenoxy) is 1. The Morgan fingerprint density at radius 2 is 1.65 bits per heavy atom. The number of benzene rings is 2. The summed E-state index contributed by atoms with van der Waals surface area (Å²) in [5, 5.41) is 10.8. The molecule has 1 unspecified atom stereocenters. The van der Waals surface area contributed by atoms with E-state index in [0.717, 1.165) is 37.2 Å². The van der Waals surface area contributed by atoms with Crippen LogP contribution in [0.1, 0.15) is 28.4 Å². The van der Waals surface area contributed by atoms with Crippen molar-refractivity contribution < 1.29 is 9.84 Å². The lowest BCUT2D eigenvalue weighted by molar-refractivity contribution is 0.110. The van der Waals surface area contributed by atoms with E-state index in [0.29, 0.717) is 0 Å². The third-order valence-corrected chi connectivity index (χ3v) is 4.59. The van der Waals surface area contributed by atoms with Crippen LogP contribution in [0.2, 0.25) is 0 Å². The fourth-order valence-corrected chi connectivity index (χ4v) is 3.54. The van der Waals surface area contributed by atoms with Crippen LogP contribution in [0.4, 0.5) is 0 Å². The molecule has 0 spiro atoms. The van der Waals surface area contributed by atoms with Crippen molar-refractivity contribution in [1.82, 2.24) is 0 Å². The van der Waals surface area contributed by atoms with Crippen LogP contribution in [0.5, 0.6) is 5.75 Å². The van der Waals surface area contributed by atoms with Gasteiger partial charge in [0.2, 0.25) is 0 Å². The Bertz CT molecular complexity index is 623. The van der Waals surface area contributed by atoms with E-state index in [1.165, 1.54) is 16.7 Å². The highest BCUT2D eigenvalue weighted by Gasteiger charge is 2.31. The molecule has 1 N–H and O–H groups in total. The Morgan fingerprint density at radius 1 is 0.950 bits per heavy atom. The van der Waals surface area contributed by atoms with E-state index in [1.807, 2.05) is 12.1 Å². The first-order valence-corrected chi connectivity index (χ1v) is 7.32. The van der Waals surface area contributed by atoms with Gasteiger partial charge in [0.1, 0.15) is 5.75 Å². The number of rotatable bonds is 2. The number of hydrogen-bond donors (Lipinski definition) is 1. The maximum atomic E-state index is 10.8. The third-order valence-electron chi connectivity index (χ3n) is 4.59. The van der Waals surface area contributed by atoms with Gasteiger partial charge in [-0.15, -0.1) is 0 Å². The van der Waals surface area contributed by atoms with Crippen molar-refractivity contribution >= 4 is 0 Å². The predicted octanol–water partition coefficient (Wildman–Crippen LogP) is 3.07. The van der Waals surface area contributed by atoms with Crippen molar-refractivity contribution in [1.29, 1.82) is 0 Å². The van der Waals surface area contributed by atoms with Crippen molar-refractivity contribution in [2.75, 3.05) is 6.61 Å². The number of aliphatic hydroxyl groups excluding tert-OH is 1. The highest BCUT2D eigenvalue weighted by atomic mass is 16.5. The second kappa shape index (κ2) is 4.64. The van der Waals surface area contributed by atoms with Crippen molar-refractivity contribution in [2.45, 2.75) is 25.4 Å². The largest absolute Gasteiger partial charge is 0.493 e. The first kappa shape index (κ1) is 12.0. The first-order chi connectivity index (χ1) is 9.83. The SMILES string of the molecule is OC(c1cccc2c1OCC2)C1Cc2ccccc2C1. The minimum absolute atomic E-state index is 0.267. The van der Waals surface area contributed by atoms with Gasteiger partial charge in [-0.05, 0) is 35.4 Å². The molecule has 1 aliphatic carbocycles. The standard InChI is InChI=1S/C18H18O2/c19-17(15-10-13-4-1-2-5-14(13)11-15)16-7-3-6-12-8-9-20-18(12)16/h1-7,15,17,19H,8-11H2. The van der Waals surface area contributed by atoms with Crippen LogP contribution in [0.25, 0.3) is 0 Å². The first-order valence-electron chi connectivity index (χ1n) is 7.32. The molecule has 20 heavy (non-hydrogen) atoms. The molecule has 2 nitrogen and oxygen atoms in total. The number of aliphatic hydroxyl groups is 1. The van der Waals surface area contributed by atoms with Gasteiger partial charge in [0.25, 0.3) is 0 Å². The maximum absolute atomic E-state index is 10.8. The second-order valence-corrected chi connectivity index (χ2v) is 5.82. The predicted molar refractivity (Wildman–Crippen MR) is 77.9 cm³/mol. The van der Waals surface area contributed by atoms with Crippen LogP contribution in [0.3, 0.4) is 0 Å². The van der Waals surface area contributed by atoms with Gasteiger partial charge in [0.05, 0.1) is 12.7 Å². The average molecular weight is 266 g/mol. The zero-order chi connectivity index (χ0) is 13.5. The van der Waals surface area contributed by atoms with Gasteiger partial charge in [-0.1, -0.05) is 42.5 Å². The summed E-state index contributed by atoms with van der Waals surface area (Å²) in [5.74, 6) is 1.19. The molecule has 0 bridgehead atoms. The van der Waals surface area contributed by atoms with E-state index in [1.54, 1.807) is 0 Å². The highest BCUT2D eigenvalue weighted by molar-refractivity contribution is 5.46. The van der Waals surface area contributed by atoms with E-state index >= 15 is 0 Å². The van der Waals surface area contributed by atoms with Gasteiger partial charge in [0.15, 0.2) is 0 Å². The zero-order valence-electron chi connectivity index (χ0n) is 11.4. The number of hydrogen-bond acceptors (Lipinski definition) is 2. The molecule has 0 saturated heterocycles. The summed E-state index contributed by atoms with van der Waals surface area (Å²) < 4.78 is 5.73. The molecule has 0 radical (unpaired) electrons. The zero-order valence-corrected chi connectivity index (χ0v) is 11.4. The molecule has 1 aliphatic heterocycles. The van der Waals surface area contributed by atoms with Gasteiger partial charge in [-0.2, -0.15) is 0 Å². The van der Waals surface area contributed by atoms with Crippen molar-refractivity contribution in [3.8, 4) is 5.75 Å². The summed E-state index contributed by atoms with van der Waals surface area (Å²) >= 11 is 0. The lowest BCUT2D eigenvalue weighted by Crippen LogP contribution is -2.13. The second-order valence-electron chi connectivity index (χ2n) is 5.82. The number of para-hydroxylation sites is 1. The summed E-state index contributed by atoms with van der Waals surface area (Å²) in [4.78, 5) is 0. The summed E-state index contributed by atoms with van der Waals surface area (Å²) in [6, 6.07) is 14.7. The Morgan fingerprint density at radius 3 is 2.40 bits per heavy atom. The molecule has 2 heteroatoms. The minimum atomic E-state index is -0.435. The highest BCUT2D eigenvalue weighted by Crippen LogP contribution is 2.40. The molecule has 0 saturated carbocycles. The summed E-state index contributed by atoms with van der Waals surface area (Å²) in [6.45, 7) is 0.740. The molecule has 4 rings (SSSR count). The molecule has 1 heterocycles. The van der Waals surface area contributed by atoms with E-state index < -0.39 is 6.10 Å². The van der Waals surface area contributed by atoms with E-state index in [9.17, 15) is 5.11 Å². The van der Waals surface area contributed by atoms with Crippen LogP contribution >= 0.6 is 0 Å². The van der Waals surface area contributed by atoms with Crippen LogP contribution in [0.15, 0.2) is 42.5 Å². The van der Waals surface area contributed by atoms with Crippen molar-refractivity contribution in [2.24, 2.45) is 5.92 Å². The lowest BCUT2D eigenvalue weighted by Gasteiger charge is -2.20. The van der Waals surface area contributed by atoms with E-state index in [2.05, 4.69) is 30.3 Å². The molecular formula is C18H18O2. The molecular weight excluding hydrogens is 248 g/mol. The van der Waals surface area contributed by atoms with Crippen LogP contribution < -0.4 is 4.74 Å². The van der Waals surface area contributed by atoms with Crippen LogP contribution in [-0.2, 0) is 19.3 Å². The number of fused-ring (bicyclic) bond motifs is 2. The van der Waals surface area contributed by atoms with E-state index in [4.69, 9.17) is 4.74 Å². The van der Waals surface area contributed by atoms with Gasteiger partial charge < -0.3 is 9.84 Å². The molecule has 0 fully saturated rings. The Labute approximate surface area is 119 Å².